The van der Waals surface area contributed by atoms with Crippen LogP contribution in [0.25, 0.3) is 0 Å². The lowest BCUT2D eigenvalue weighted by Crippen LogP contribution is -2.15. The van der Waals surface area contributed by atoms with Gasteiger partial charge in [-0.05, 0) is 36.2 Å². The largest absolute Gasteiger partial charge is 0.478 e. The summed E-state index contributed by atoms with van der Waals surface area (Å²) in [6.45, 7) is 2.10. The fourth-order valence-corrected chi connectivity index (χ4v) is 1.91. The molecule has 0 unspecified atom stereocenters. The van der Waals surface area contributed by atoms with E-state index in [2.05, 4.69) is 11.9 Å². The molecule has 1 aromatic carbocycles. The van der Waals surface area contributed by atoms with Crippen molar-refractivity contribution in [1.82, 2.24) is 4.98 Å². The van der Waals surface area contributed by atoms with Crippen LogP contribution in [-0.4, -0.2) is 23.1 Å². The van der Waals surface area contributed by atoms with Crippen molar-refractivity contribution in [3.8, 4) is 0 Å². The van der Waals surface area contributed by atoms with Gasteiger partial charge in [-0.3, -0.25) is 0 Å². The first-order valence-corrected chi connectivity index (χ1v) is 6.14. The molecule has 98 valence electrons. The molecule has 0 aliphatic heterocycles. The third-order valence-corrected chi connectivity index (χ3v) is 3.07. The summed E-state index contributed by atoms with van der Waals surface area (Å²) in [6, 6.07) is 11.2. The zero-order chi connectivity index (χ0) is 13.8. The van der Waals surface area contributed by atoms with Crippen molar-refractivity contribution < 1.29 is 9.90 Å². The van der Waals surface area contributed by atoms with Gasteiger partial charge in [-0.1, -0.05) is 19.1 Å². The number of aromatic nitrogens is 1. The summed E-state index contributed by atoms with van der Waals surface area (Å²) in [7, 11) is 1.82. The molecule has 0 aliphatic carbocycles. The monoisotopic (exact) mass is 256 g/mol. The number of hydrogen-bond donors (Lipinski definition) is 1. The van der Waals surface area contributed by atoms with Crippen LogP contribution in [0.15, 0.2) is 42.6 Å². The Morgan fingerprint density at radius 1 is 1.26 bits per heavy atom. The van der Waals surface area contributed by atoms with Crippen LogP contribution in [0, 0.1) is 0 Å². The highest BCUT2D eigenvalue weighted by molar-refractivity contribution is 5.94. The van der Waals surface area contributed by atoms with E-state index in [9.17, 15) is 9.90 Å². The Kier molecular flexibility index (Phi) is 3.80. The summed E-state index contributed by atoms with van der Waals surface area (Å²) in [5, 5.41) is 9.18. The second-order valence-corrected chi connectivity index (χ2v) is 4.26. The van der Waals surface area contributed by atoms with Gasteiger partial charge in [0, 0.05) is 18.9 Å². The van der Waals surface area contributed by atoms with E-state index in [0.29, 0.717) is 5.82 Å². The number of rotatable bonds is 4. The lowest BCUT2D eigenvalue weighted by Gasteiger charge is -2.20. The number of hydrogen-bond acceptors (Lipinski definition) is 3. The topological polar surface area (TPSA) is 53.4 Å². The summed E-state index contributed by atoms with van der Waals surface area (Å²) in [4.78, 5) is 17.1. The molecule has 2 aromatic rings. The second-order valence-electron chi connectivity index (χ2n) is 4.26. The van der Waals surface area contributed by atoms with Crippen molar-refractivity contribution >= 4 is 17.5 Å². The molecule has 0 saturated carbocycles. The van der Waals surface area contributed by atoms with Crippen LogP contribution in [0.5, 0.6) is 0 Å². The normalized spacial score (nSPS) is 10.2. The number of carbonyl (C=O) groups is 1. The smallest absolute Gasteiger partial charge is 0.339 e. The number of nitrogens with zero attached hydrogens (tertiary/aromatic N) is 2. The van der Waals surface area contributed by atoms with E-state index in [1.54, 1.807) is 23.2 Å². The molecule has 0 bridgehead atoms. The zero-order valence-electron chi connectivity index (χ0n) is 11.0. The Bertz CT molecular complexity index is 579. The van der Waals surface area contributed by atoms with Crippen molar-refractivity contribution in [2.45, 2.75) is 13.3 Å². The quantitative estimate of drug-likeness (QED) is 0.913. The van der Waals surface area contributed by atoms with Crippen LogP contribution < -0.4 is 4.90 Å². The first-order valence-electron chi connectivity index (χ1n) is 6.14. The molecular weight excluding hydrogens is 240 g/mol. The molecule has 19 heavy (non-hydrogen) atoms. The van der Waals surface area contributed by atoms with Gasteiger partial charge >= 0.3 is 5.97 Å². The van der Waals surface area contributed by atoms with E-state index in [4.69, 9.17) is 0 Å². The van der Waals surface area contributed by atoms with Crippen molar-refractivity contribution in [1.29, 1.82) is 0 Å². The lowest BCUT2D eigenvalue weighted by atomic mass is 10.1. The Morgan fingerprint density at radius 2 is 1.95 bits per heavy atom. The summed E-state index contributed by atoms with van der Waals surface area (Å²) in [6.07, 6.45) is 2.58. The summed E-state index contributed by atoms with van der Waals surface area (Å²) in [5.74, 6) is -0.528. The van der Waals surface area contributed by atoms with Gasteiger partial charge in [0.25, 0.3) is 0 Å². The van der Waals surface area contributed by atoms with Crippen LogP contribution in [0.3, 0.4) is 0 Å². The fraction of sp³-hybridized carbons (Fsp3) is 0.200. The Balaban J connectivity index is 2.37. The van der Waals surface area contributed by atoms with Gasteiger partial charge in [-0.15, -0.1) is 0 Å². The van der Waals surface area contributed by atoms with E-state index in [1.165, 1.54) is 5.56 Å². The van der Waals surface area contributed by atoms with Gasteiger partial charge in [0.2, 0.25) is 0 Å². The third kappa shape index (κ3) is 2.73. The molecule has 1 aromatic heterocycles. The first kappa shape index (κ1) is 13.1. The Morgan fingerprint density at radius 3 is 2.53 bits per heavy atom. The maximum Gasteiger partial charge on any atom is 0.339 e. The standard InChI is InChI=1S/C15H16N2O2/c1-3-11-6-8-12(9-7-11)17(2)14-13(15(18)19)5-4-10-16-14/h4-10H,3H2,1-2H3,(H,18,19). The molecule has 4 nitrogen and oxygen atoms in total. The van der Waals surface area contributed by atoms with Gasteiger partial charge < -0.3 is 10.0 Å². The fourth-order valence-electron chi connectivity index (χ4n) is 1.91. The number of benzene rings is 1. The number of carboxylic acids is 1. The van der Waals surface area contributed by atoms with Crippen LogP contribution in [-0.2, 0) is 6.42 Å². The third-order valence-electron chi connectivity index (χ3n) is 3.07. The molecule has 1 N–H and O–H groups in total. The number of aromatic carboxylic acids is 1. The van der Waals surface area contributed by atoms with Crippen molar-refractivity contribution in [3.05, 3.63) is 53.7 Å². The minimum Gasteiger partial charge on any atom is -0.478 e. The van der Waals surface area contributed by atoms with Gasteiger partial charge in [0.1, 0.15) is 11.4 Å². The van der Waals surface area contributed by atoms with E-state index < -0.39 is 5.97 Å². The van der Waals surface area contributed by atoms with Gasteiger partial charge in [-0.2, -0.15) is 0 Å². The maximum absolute atomic E-state index is 11.2. The van der Waals surface area contributed by atoms with Crippen molar-refractivity contribution in [2.75, 3.05) is 11.9 Å². The van der Waals surface area contributed by atoms with Gasteiger partial charge in [-0.25, -0.2) is 9.78 Å². The molecule has 0 amide bonds. The average molecular weight is 256 g/mol. The maximum atomic E-state index is 11.2. The minimum absolute atomic E-state index is 0.199. The number of carboxylic acid groups (broad SMARTS) is 1. The molecule has 0 fully saturated rings. The van der Waals surface area contributed by atoms with E-state index in [1.807, 2.05) is 31.3 Å². The van der Waals surface area contributed by atoms with Crippen molar-refractivity contribution in [3.63, 3.8) is 0 Å². The average Bonchev–Trinajstić information content (AvgIpc) is 2.46. The highest BCUT2D eigenvalue weighted by Gasteiger charge is 2.15. The Labute approximate surface area is 112 Å². The van der Waals surface area contributed by atoms with Crippen LogP contribution in [0.2, 0.25) is 0 Å². The first-order chi connectivity index (χ1) is 9.13. The van der Waals surface area contributed by atoms with E-state index in [0.717, 1.165) is 12.1 Å². The molecule has 0 spiro atoms. The number of aryl methyl sites for hydroxylation is 1. The minimum atomic E-state index is -0.972. The predicted molar refractivity (Wildman–Crippen MR) is 75.1 cm³/mol. The predicted octanol–water partition coefficient (Wildman–Crippen LogP) is 3.11. The Hall–Kier alpha value is -2.36. The van der Waals surface area contributed by atoms with Crippen LogP contribution in [0.1, 0.15) is 22.8 Å². The molecule has 2 rings (SSSR count). The summed E-state index contributed by atoms with van der Waals surface area (Å²) >= 11 is 0. The molecule has 0 radical (unpaired) electrons. The zero-order valence-corrected chi connectivity index (χ0v) is 11.0. The van der Waals surface area contributed by atoms with Crippen LogP contribution in [0.4, 0.5) is 11.5 Å². The summed E-state index contributed by atoms with van der Waals surface area (Å²) < 4.78 is 0. The van der Waals surface area contributed by atoms with Crippen LogP contribution >= 0.6 is 0 Å². The van der Waals surface area contributed by atoms with Crippen molar-refractivity contribution in [2.24, 2.45) is 0 Å². The van der Waals surface area contributed by atoms with Gasteiger partial charge in [0.15, 0.2) is 0 Å². The molecular formula is C15H16N2O2. The SMILES string of the molecule is CCc1ccc(N(C)c2ncccc2C(=O)O)cc1. The molecule has 0 atom stereocenters. The highest BCUT2D eigenvalue weighted by atomic mass is 16.4. The van der Waals surface area contributed by atoms with E-state index >= 15 is 0 Å². The number of pyridine rings is 1. The summed E-state index contributed by atoms with van der Waals surface area (Å²) in [5.41, 5.74) is 2.36. The highest BCUT2D eigenvalue weighted by Crippen LogP contribution is 2.25. The second kappa shape index (κ2) is 5.52. The molecule has 0 saturated heterocycles. The molecule has 0 aliphatic rings. The lowest BCUT2D eigenvalue weighted by molar-refractivity contribution is 0.0697. The van der Waals surface area contributed by atoms with Gasteiger partial charge in [0.05, 0.1) is 0 Å². The molecule has 4 heteroatoms. The molecule has 1 heterocycles. The number of anilines is 2. The van der Waals surface area contributed by atoms with E-state index in [-0.39, 0.29) is 5.56 Å².